The average molecular weight is 275 g/mol. The second-order valence-electron chi connectivity index (χ2n) is 4.83. The fourth-order valence-electron chi connectivity index (χ4n) is 2.44. The van der Waals surface area contributed by atoms with Crippen molar-refractivity contribution in [2.75, 3.05) is 0 Å². The van der Waals surface area contributed by atoms with E-state index < -0.39 is 5.62 Å². The van der Waals surface area contributed by atoms with Crippen molar-refractivity contribution >= 4 is 17.4 Å². The molecule has 0 fully saturated rings. The zero-order valence-electron chi connectivity index (χ0n) is 10.7. The number of hydrogen-bond acceptors (Lipinski definition) is 2. The first kappa shape index (κ1) is 12.7. The predicted molar refractivity (Wildman–Crippen MR) is 80.3 cm³/mol. The topological polar surface area (TPSA) is 38.5 Å². The van der Waals surface area contributed by atoms with Crippen LogP contribution in [0.4, 0.5) is 0 Å². The summed E-state index contributed by atoms with van der Waals surface area (Å²) in [5, 5.41) is 7.93. The molecule has 3 rings (SSSR count). The van der Waals surface area contributed by atoms with Crippen molar-refractivity contribution in [1.82, 2.24) is 5.32 Å². The molecular formula is C15H17ClN3-. The summed E-state index contributed by atoms with van der Waals surface area (Å²) in [6.45, 7) is 0. The van der Waals surface area contributed by atoms with E-state index in [9.17, 15) is 0 Å². The van der Waals surface area contributed by atoms with Gasteiger partial charge in [0, 0.05) is 6.17 Å². The monoisotopic (exact) mass is 274 g/mol. The molecule has 100 valence electrons. The molecule has 0 aromatic carbocycles. The first-order valence-corrected chi connectivity index (χ1v) is 7.18. The van der Waals surface area contributed by atoms with Crippen LogP contribution < -0.4 is 5.32 Å². The molecule has 2 aliphatic carbocycles. The summed E-state index contributed by atoms with van der Waals surface area (Å²) >= 11 is 6.19. The summed E-state index contributed by atoms with van der Waals surface area (Å²) in [6.07, 6.45) is 17.0. The molecule has 4 heteroatoms. The average Bonchev–Trinajstić information content (AvgIpc) is 2.48. The number of rotatable bonds is 2. The third-order valence-corrected chi connectivity index (χ3v) is 3.66. The highest BCUT2D eigenvalue weighted by Gasteiger charge is 2.17. The van der Waals surface area contributed by atoms with Gasteiger partial charge in [0.15, 0.2) is 0 Å². The van der Waals surface area contributed by atoms with Crippen LogP contribution in [0.3, 0.4) is 0 Å². The van der Waals surface area contributed by atoms with Gasteiger partial charge < -0.3 is 10.3 Å². The van der Waals surface area contributed by atoms with E-state index >= 15 is 0 Å². The molecule has 1 N–H and O–H groups in total. The SMILES string of the molecule is ClC1N=C(C2=CCCC=C2)[N-]C(C2=CC=CCC2)N1. The molecule has 0 spiro atoms. The Kier molecular flexibility index (Phi) is 3.85. The highest BCUT2D eigenvalue weighted by atomic mass is 35.5. The van der Waals surface area contributed by atoms with Gasteiger partial charge in [-0.3, -0.25) is 5.32 Å². The van der Waals surface area contributed by atoms with E-state index in [2.05, 4.69) is 46.8 Å². The molecule has 0 amide bonds. The van der Waals surface area contributed by atoms with Crippen LogP contribution in [0, 0.1) is 0 Å². The molecule has 2 unspecified atom stereocenters. The molecule has 1 heterocycles. The predicted octanol–water partition coefficient (Wildman–Crippen LogP) is 3.76. The summed E-state index contributed by atoms with van der Waals surface area (Å²) in [7, 11) is 0. The Morgan fingerprint density at radius 1 is 1.26 bits per heavy atom. The van der Waals surface area contributed by atoms with Crippen molar-refractivity contribution in [3.05, 3.63) is 52.9 Å². The van der Waals surface area contributed by atoms with E-state index in [1.165, 1.54) is 5.57 Å². The number of amidine groups is 1. The second-order valence-corrected chi connectivity index (χ2v) is 5.25. The number of aliphatic imine (C=N–C) groups is 1. The van der Waals surface area contributed by atoms with Gasteiger partial charge in [0.2, 0.25) is 0 Å². The van der Waals surface area contributed by atoms with Crippen LogP contribution in [0.2, 0.25) is 0 Å². The second kappa shape index (κ2) is 5.76. The Morgan fingerprint density at radius 3 is 2.95 bits per heavy atom. The smallest absolute Gasteiger partial charge is 0.0905 e. The maximum atomic E-state index is 6.19. The fraction of sp³-hybridized carbons (Fsp3) is 0.400. The molecule has 3 aliphatic rings. The van der Waals surface area contributed by atoms with E-state index in [0.717, 1.165) is 37.1 Å². The molecule has 2 atom stereocenters. The van der Waals surface area contributed by atoms with Gasteiger partial charge in [-0.15, -0.1) is 11.6 Å². The lowest BCUT2D eigenvalue weighted by atomic mass is 10.0. The Hall–Kier alpha value is -1.32. The zero-order chi connectivity index (χ0) is 13.1. The highest BCUT2D eigenvalue weighted by molar-refractivity contribution is 6.22. The molecule has 19 heavy (non-hydrogen) atoms. The molecule has 0 aromatic rings. The first-order chi connectivity index (χ1) is 9.33. The Bertz CT molecular complexity index is 500. The summed E-state index contributed by atoms with van der Waals surface area (Å²) in [5.74, 6) is 0.773. The normalized spacial score (nSPS) is 30.3. The molecule has 0 aromatic heterocycles. The lowest BCUT2D eigenvalue weighted by Gasteiger charge is -2.39. The van der Waals surface area contributed by atoms with Crippen LogP contribution in [0.1, 0.15) is 25.7 Å². The van der Waals surface area contributed by atoms with E-state index in [0.29, 0.717) is 0 Å². The van der Waals surface area contributed by atoms with Gasteiger partial charge in [-0.25, -0.2) is 0 Å². The number of alkyl halides is 1. The summed E-state index contributed by atoms with van der Waals surface area (Å²) in [5.41, 5.74) is 1.97. The van der Waals surface area contributed by atoms with E-state index in [4.69, 9.17) is 16.9 Å². The highest BCUT2D eigenvalue weighted by Crippen LogP contribution is 2.27. The molecule has 0 saturated heterocycles. The molecular weight excluding hydrogens is 258 g/mol. The van der Waals surface area contributed by atoms with Gasteiger partial charge in [-0.1, -0.05) is 47.9 Å². The molecule has 1 aliphatic heterocycles. The molecule has 0 bridgehead atoms. The number of allylic oxidation sites excluding steroid dienone is 5. The van der Waals surface area contributed by atoms with Crippen LogP contribution in [-0.4, -0.2) is 17.6 Å². The number of nitrogens with one attached hydrogen (secondary N) is 1. The largest absolute Gasteiger partial charge is 0.445 e. The zero-order valence-corrected chi connectivity index (χ0v) is 11.5. The van der Waals surface area contributed by atoms with Crippen molar-refractivity contribution in [1.29, 1.82) is 0 Å². The fourth-order valence-corrected chi connectivity index (χ4v) is 2.65. The van der Waals surface area contributed by atoms with E-state index in [1.807, 2.05) is 0 Å². The molecule has 3 nitrogen and oxygen atoms in total. The van der Waals surface area contributed by atoms with E-state index in [-0.39, 0.29) is 6.17 Å². The maximum absolute atomic E-state index is 6.19. The van der Waals surface area contributed by atoms with Gasteiger partial charge in [0.05, 0.1) is 5.62 Å². The Balaban J connectivity index is 1.79. The first-order valence-electron chi connectivity index (χ1n) is 6.74. The lowest BCUT2D eigenvalue weighted by Crippen LogP contribution is -2.41. The van der Waals surface area contributed by atoms with Crippen LogP contribution in [-0.2, 0) is 0 Å². The number of hydrogen-bond donors (Lipinski definition) is 1. The molecule has 0 saturated carbocycles. The maximum Gasteiger partial charge on any atom is 0.0905 e. The van der Waals surface area contributed by atoms with Crippen LogP contribution in [0.25, 0.3) is 5.32 Å². The van der Waals surface area contributed by atoms with Crippen molar-refractivity contribution in [2.45, 2.75) is 37.5 Å². The van der Waals surface area contributed by atoms with Gasteiger partial charge in [0.25, 0.3) is 0 Å². The van der Waals surface area contributed by atoms with Crippen LogP contribution in [0.15, 0.2) is 52.6 Å². The summed E-state index contributed by atoms with van der Waals surface area (Å²) < 4.78 is 0. The minimum atomic E-state index is -0.402. The third-order valence-electron chi connectivity index (χ3n) is 3.43. The van der Waals surface area contributed by atoms with Gasteiger partial charge >= 0.3 is 0 Å². The van der Waals surface area contributed by atoms with Crippen molar-refractivity contribution in [2.24, 2.45) is 4.99 Å². The van der Waals surface area contributed by atoms with Crippen molar-refractivity contribution in [3.8, 4) is 0 Å². The minimum Gasteiger partial charge on any atom is -0.445 e. The molecule has 0 radical (unpaired) electrons. The Morgan fingerprint density at radius 2 is 2.21 bits per heavy atom. The minimum absolute atomic E-state index is 0.0452. The Labute approximate surface area is 118 Å². The van der Waals surface area contributed by atoms with Gasteiger partial charge in [0.1, 0.15) is 0 Å². The van der Waals surface area contributed by atoms with Crippen LogP contribution >= 0.6 is 11.6 Å². The summed E-state index contributed by atoms with van der Waals surface area (Å²) in [4.78, 5) is 4.39. The van der Waals surface area contributed by atoms with Crippen molar-refractivity contribution in [3.63, 3.8) is 0 Å². The number of halogens is 1. The quantitative estimate of drug-likeness (QED) is 0.604. The van der Waals surface area contributed by atoms with Gasteiger partial charge in [-0.2, -0.15) is 0 Å². The lowest BCUT2D eigenvalue weighted by molar-refractivity contribution is 0.584. The van der Waals surface area contributed by atoms with Crippen molar-refractivity contribution < 1.29 is 0 Å². The van der Waals surface area contributed by atoms with E-state index in [1.54, 1.807) is 0 Å². The third kappa shape index (κ3) is 2.99. The standard InChI is InChI=1S/C15H17ClN3/c16-15-18-13(11-7-3-1-4-8-11)17-14(19-15)12-9-5-2-6-10-12/h1,3,5,7,9-10,13,15,18H,2,4,6,8H2/q-1. The van der Waals surface area contributed by atoms with Gasteiger partial charge in [-0.05, 0) is 31.3 Å². The number of nitrogens with zero attached hydrogens (tertiary/aromatic N) is 2. The summed E-state index contributed by atoms with van der Waals surface area (Å²) in [6, 6.07) is 0. The van der Waals surface area contributed by atoms with Crippen LogP contribution in [0.5, 0.6) is 0 Å².